The lowest BCUT2D eigenvalue weighted by atomic mass is 10.3. The Hall–Kier alpha value is -2.01. The van der Waals surface area contributed by atoms with Crippen molar-refractivity contribution in [1.82, 2.24) is 9.97 Å². The van der Waals surface area contributed by atoms with Gasteiger partial charge in [-0.05, 0) is 23.9 Å². The zero-order chi connectivity index (χ0) is 13.4. The number of hydrogen-bond donors (Lipinski definition) is 1. The number of aryl methyl sites for hydroxylation is 1. The van der Waals surface area contributed by atoms with Gasteiger partial charge in [0.15, 0.2) is 11.5 Å². The fourth-order valence-electron chi connectivity index (χ4n) is 2.06. The molecular weight excluding hydrogens is 260 g/mol. The summed E-state index contributed by atoms with van der Waals surface area (Å²) in [4.78, 5) is 9.11. The number of aromatic amines is 1. The van der Waals surface area contributed by atoms with Crippen LogP contribution in [-0.4, -0.2) is 24.2 Å². The van der Waals surface area contributed by atoms with Crippen LogP contribution < -0.4 is 9.47 Å². The van der Waals surface area contributed by atoms with Gasteiger partial charge >= 0.3 is 0 Å². The lowest BCUT2D eigenvalue weighted by Gasteiger charge is -2.06. The van der Waals surface area contributed by atoms with Crippen LogP contribution in [0.5, 0.6) is 11.5 Å². The minimum atomic E-state index is 0.691. The third-order valence-corrected chi connectivity index (χ3v) is 4.09. The van der Waals surface area contributed by atoms with Crippen LogP contribution in [0.4, 0.5) is 0 Å². The Morgan fingerprint density at radius 3 is 2.53 bits per heavy atom. The molecule has 1 N–H and O–H groups in total. The number of methoxy groups -OCH3 is 2. The molecule has 0 amide bonds. The number of H-pyrrole nitrogens is 1. The summed E-state index contributed by atoms with van der Waals surface area (Å²) in [5.41, 5.74) is 3.05. The summed E-state index contributed by atoms with van der Waals surface area (Å²) in [6.07, 6.45) is 0. The summed E-state index contributed by atoms with van der Waals surface area (Å²) in [5.74, 6) is 2.28. The van der Waals surface area contributed by atoms with Crippen molar-refractivity contribution in [2.24, 2.45) is 0 Å². The second kappa shape index (κ2) is 4.59. The highest BCUT2D eigenvalue weighted by molar-refractivity contribution is 7.13. The molecule has 0 spiro atoms. The van der Waals surface area contributed by atoms with Crippen LogP contribution in [0.15, 0.2) is 23.6 Å². The van der Waals surface area contributed by atoms with Gasteiger partial charge in [-0.25, -0.2) is 4.98 Å². The second-order valence-electron chi connectivity index (χ2n) is 4.24. The van der Waals surface area contributed by atoms with E-state index >= 15 is 0 Å². The van der Waals surface area contributed by atoms with E-state index in [0.717, 1.165) is 21.7 Å². The molecule has 0 saturated carbocycles. The Balaban J connectivity index is 2.18. The van der Waals surface area contributed by atoms with E-state index in [0.29, 0.717) is 11.5 Å². The summed E-state index contributed by atoms with van der Waals surface area (Å²) >= 11 is 1.68. The first-order valence-corrected chi connectivity index (χ1v) is 6.77. The molecule has 0 bridgehead atoms. The molecule has 19 heavy (non-hydrogen) atoms. The van der Waals surface area contributed by atoms with Gasteiger partial charge in [-0.15, -0.1) is 11.3 Å². The lowest BCUT2D eigenvalue weighted by Crippen LogP contribution is -1.89. The number of nitrogens with one attached hydrogen (secondary N) is 1. The molecule has 0 aliphatic heterocycles. The first-order valence-electron chi connectivity index (χ1n) is 5.89. The van der Waals surface area contributed by atoms with Crippen LogP contribution in [0.25, 0.3) is 21.7 Å². The van der Waals surface area contributed by atoms with Gasteiger partial charge in [0.25, 0.3) is 0 Å². The molecule has 0 unspecified atom stereocenters. The molecule has 0 atom stereocenters. The second-order valence-corrected chi connectivity index (χ2v) is 5.16. The molecule has 3 aromatic rings. The van der Waals surface area contributed by atoms with Gasteiger partial charge in [-0.2, -0.15) is 0 Å². The standard InChI is InChI=1S/C14H14N2O2S/c1-8-4-5-19-13(8)14-15-9-6-11(17-2)12(18-3)7-10(9)16-14/h4-7H,1-3H3,(H,15,16). The molecule has 5 heteroatoms. The average Bonchev–Trinajstić information content (AvgIpc) is 3.01. The summed E-state index contributed by atoms with van der Waals surface area (Å²) in [6.45, 7) is 2.08. The predicted molar refractivity (Wildman–Crippen MR) is 77.2 cm³/mol. The molecule has 1 aromatic carbocycles. The normalized spacial score (nSPS) is 10.9. The zero-order valence-corrected chi connectivity index (χ0v) is 11.8. The van der Waals surface area contributed by atoms with Gasteiger partial charge in [0.2, 0.25) is 0 Å². The monoisotopic (exact) mass is 274 g/mol. The number of imidazole rings is 1. The smallest absolute Gasteiger partial charge is 0.163 e. The highest BCUT2D eigenvalue weighted by atomic mass is 32.1. The maximum atomic E-state index is 5.30. The average molecular weight is 274 g/mol. The third kappa shape index (κ3) is 1.96. The SMILES string of the molecule is COc1cc2nc(-c3sccc3C)[nH]c2cc1OC. The molecule has 2 aromatic heterocycles. The number of ether oxygens (including phenoxy) is 2. The van der Waals surface area contributed by atoms with E-state index in [9.17, 15) is 0 Å². The number of aromatic nitrogens is 2. The summed E-state index contributed by atoms with van der Waals surface area (Å²) in [5, 5.41) is 2.07. The number of rotatable bonds is 3. The van der Waals surface area contributed by atoms with Crippen LogP contribution in [0, 0.1) is 6.92 Å². The van der Waals surface area contributed by atoms with Crippen molar-refractivity contribution < 1.29 is 9.47 Å². The molecule has 0 radical (unpaired) electrons. The Morgan fingerprint density at radius 1 is 1.16 bits per heavy atom. The van der Waals surface area contributed by atoms with Crippen molar-refractivity contribution in [2.45, 2.75) is 6.92 Å². The third-order valence-electron chi connectivity index (χ3n) is 3.06. The molecular formula is C14H14N2O2S. The minimum Gasteiger partial charge on any atom is -0.493 e. The fraction of sp³-hybridized carbons (Fsp3) is 0.214. The van der Waals surface area contributed by atoms with E-state index < -0.39 is 0 Å². The van der Waals surface area contributed by atoms with Crippen molar-refractivity contribution >= 4 is 22.4 Å². The first kappa shape index (κ1) is 12.0. The van der Waals surface area contributed by atoms with Gasteiger partial charge in [-0.1, -0.05) is 0 Å². The molecule has 2 heterocycles. The van der Waals surface area contributed by atoms with E-state index in [1.54, 1.807) is 25.6 Å². The molecule has 4 nitrogen and oxygen atoms in total. The summed E-state index contributed by atoms with van der Waals surface area (Å²) < 4.78 is 10.6. The van der Waals surface area contributed by atoms with Crippen molar-refractivity contribution in [3.63, 3.8) is 0 Å². The lowest BCUT2D eigenvalue weighted by molar-refractivity contribution is 0.356. The number of fused-ring (bicyclic) bond motifs is 1. The largest absolute Gasteiger partial charge is 0.493 e. The maximum absolute atomic E-state index is 5.30. The maximum Gasteiger partial charge on any atom is 0.163 e. The molecule has 0 aliphatic rings. The zero-order valence-electron chi connectivity index (χ0n) is 11.0. The Kier molecular flexibility index (Phi) is 2.91. The van der Waals surface area contributed by atoms with Crippen molar-refractivity contribution in [1.29, 1.82) is 0 Å². The molecule has 3 rings (SSSR count). The molecule has 0 aliphatic carbocycles. The summed E-state index contributed by atoms with van der Waals surface area (Å²) in [6, 6.07) is 5.89. The Morgan fingerprint density at radius 2 is 1.89 bits per heavy atom. The van der Waals surface area contributed by atoms with Gasteiger partial charge in [0.05, 0.1) is 30.1 Å². The van der Waals surface area contributed by atoms with E-state index in [4.69, 9.17) is 9.47 Å². The summed E-state index contributed by atoms with van der Waals surface area (Å²) in [7, 11) is 3.26. The van der Waals surface area contributed by atoms with Crippen LogP contribution in [0.1, 0.15) is 5.56 Å². The van der Waals surface area contributed by atoms with Crippen LogP contribution in [0.2, 0.25) is 0 Å². The minimum absolute atomic E-state index is 0.691. The molecule has 0 fully saturated rings. The van der Waals surface area contributed by atoms with Gasteiger partial charge in [0.1, 0.15) is 5.82 Å². The van der Waals surface area contributed by atoms with Gasteiger partial charge in [-0.3, -0.25) is 0 Å². The van der Waals surface area contributed by atoms with E-state index in [-0.39, 0.29) is 0 Å². The van der Waals surface area contributed by atoms with Crippen LogP contribution in [0.3, 0.4) is 0 Å². The van der Waals surface area contributed by atoms with Crippen molar-refractivity contribution in [3.05, 3.63) is 29.1 Å². The van der Waals surface area contributed by atoms with E-state index in [1.165, 1.54) is 5.56 Å². The van der Waals surface area contributed by atoms with Crippen molar-refractivity contribution in [2.75, 3.05) is 14.2 Å². The molecule has 0 saturated heterocycles. The first-order chi connectivity index (χ1) is 9.22. The van der Waals surface area contributed by atoms with Crippen molar-refractivity contribution in [3.8, 4) is 22.2 Å². The fourth-order valence-corrected chi connectivity index (χ4v) is 2.93. The highest BCUT2D eigenvalue weighted by Crippen LogP contribution is 2.34. The quantitative estimate of drug-likeness (QED) is 0.793. The topological polar surface area (TPSA) is 47.1 Å². The van der Waals surface area contributed by atoms with Crippen LogP contribution in [-0.2, 0) is 0 Å². The van der Waals surface area contributed by atoms with Crippen LogP contribution >= 0.6 is 11.3 Å². The number of thiophene rings is 1. The van der Waals surface area contributed by atoms with E-state index in [2.05, 4.69) is 28.3 Å². The highest BCUT2D eigenvalue weighted by Gasteiger charge is 2.12. The van der Waals surface area contributed by atoms with Gasteiger partial charge in [0, 0.05) is 12.1 Å². The number of nitrogens with zero attached hydrogens (tertiary/aromatic N) is 1. The Bertz CT molecular complexity index is 689. The molecule has 98 valence electrons. The van der Waals surface area contributed by atoms with Gasteiger partial charge < -0.3 is 14.5 Å². The number of hydrogen-bond acceptors (Lipinski definition) is 4. The Labute approximate surface area is 115 Å². The predicted octanol–water partition coefficient (Wildman–Crippen LogP) is 3.62. The van der Waals surface area contributed by atoms with E-state index in [1.807, 2.05) is 12.1 Å². The number of benzene rings is 1.